The minimum atomic E-state index is -0.926. The molecule has 1 aromatic rings. The van der Waals surface area contributed by atoms with Crippen molar-refractivity contribution in [1.29, 1.82) is 0 Å². The number of aliphatic hydroxyl groups is 2. The van der Waals surface area contributed by atoms with Gasteiger partial charge in [-0.1, -0.05) is 17.1 Å². The first-order chi connectivity index (χ1) is 14.2. The summed E-state index contributed by atoms with van der Waals surface area (Å²) >= 11 is 0. The molecule has 1 aromatic carbocycles. The van der Waals surface area contributed by atoms with Gasteiger partial charge in [0.15, 0.2) is 0 Å². The zero-order valence-corrected chi connectivity index (χ0v) is 17.6. The molecule has 3 atom stereocenters. The van der Waals surface area contributed by atoms with Crippen LogP contribution in [0.25, 0.3) is 0 Å². The number of likely N-dealkylation sites (N-methyl/N-ethyl adjacent to an activating group) is 2. The van der Waals surface area contributed by atoms with E-state index in [0.717, 1.165) is 10.5 Å². The van der Waals surface area contributed by atoms with E-state index in [9.17, 15) is 19.8 Å². The third-order valence-electron chi connectivity index (χ3n) is 4.93. The van der Waals surface area contributed by atoms with Crippen molar-refractivity contribution in [3.63, 3.8) is 0 Å². The molecular formula is C20H28N5O5+. The summed E-state index contributed by atoms with van der Waals surface area (Å²) in [6.07, 6.45) is -1.57. The van der Waals surface area contributed by atoms with Crippen molar-refractivity contribution in [3.05, 3.63) is 29.8 Å². The predicted molar refractivity (Wildman–Crippen MR) is 110 cm³/mol. The first-order valence-electron chi connectivity index (χ1n) is 9.76. The van der Waals surface area contributed by atoms with Crippen molar-refractivity contribution < 1.29 is 29.1 Å². The summed E-state index contributed by atoms with van der Waals surface area (Å²) in [6, 6.07) is 6.17. The summed E-state index contributed by atoms with van der Waals surface area (Å²) in [7, 11) is 2.96. The lowest BCUT2D eigenvalue weighted by molar-refractivity contribution is -0.545. The number of guanidine groups is 1. The zero-order valence-electron chi connectivity index (χ0n) is 17.6. The highest BCUT2D eigenvalue weighted by Gasteiger charge is 2.51. The van der Waals surface area contributed by atoms with Crippen molar-refractivity contribution in [2.24, 2.45) is 4.99 Å². The number of nitrogens with one attached hydrogen (secondary N) is 1. The number of urea groups is 1. The standard InChI is InChI=1S/C20H27N5O5/c1-12-6-5-7-15(8-12)30-11-14(27)10-25-16-17(22-19(25)21-9-13(2)26)23(3)20(29)24(4)18(16)28/h5-8,13-14,16,26-27H,9-11H2,1-4H3/p+1. The first kappa shape index (κ1) is 21.7. The van der Waals surface area contributed by atoms with Gasteiger partial charge in [-0.3, -0.25) is 19.9 Å². The van der Waals surface area contributed by atoms with Gasteiger partial charge in [0.1, 0.15) is 18.5 Å². The maximum Gasteiger partial charge on any atom is 0.390 e. The van der Waals surface area contributed by atoms with Gasteiger partial charge in [0, 0.05) is 14.1 Å². The summed E-state index contributed by atoms with van der Waals surface area (Å²) in [5.74, 6) is 0.803. The molecule has 3 amide bonds. The number of amides is 3. The summed E-state index contributed by atoms with van der Waals surface area (Å²) in [5.41, 5.74) is 1.04. The molecule has 3 unspecified atom stereocenters. The monoisotopic (exact) mass is 418 g/mol. The SMILES string of the molecule is Cc1cccc(OCC(O)C[N+]2=C(NCC(C)O)N=C3C2C(=O)N(C)C(=O)N3C)c1. The molecule has 2 aliphatic rings. The molecule has 0 spiro atoms. The Kier molecular flexibility index (Phi) is 6.37. The number of fused-ring (bicyclic) bond motifs is 1. The average molecular weight is 418 g/mol. The molecule has 1 saturated heterocycles. The molecule has 2 aliphatic heterocycles. The van der Waals surface area contributed by atoms with E-state index in [0.29, 0.717) is 11.7 Å². The number of carbonyl (C=O) groups is 2. The summed E-state index contributed by atoms with van der Waals surface area (Å²) in [5, 5.41) is 23.2. The van der Waals surface area contributed by atoms with Crippen LogP contribution >= 0.6 is 0 Å². The van der Waals surface area contributed by atoms with Crippen molar-refractivity contribution in [2.45, 2.75) is 32.1 Å². The maximum atomic E-state index is 12.8. The molecule has 0 aliphatic carbocycles. The Morgan fingerprint density at radius 2 is 2.00 bits per heavy atom. The van der Waals surface area contributed by atoms with Crippen LogP contribution in [0.2, 0.25) is 0 Å². The fourth-order valence-corrected chi connectivity index (χ4v) is 3.35. The lowest BCUT2D eigenvalue weighted by atomic mass is 10.1. The number of imide groups is 1. The number of hydrogen-bond donors (Lipinski definition) is 3. The molecule has 1 fully saturated rings. The third-order valence-corrected chi connectivity index (χ3v) is 4.93. The smallest absolute Gasteiger partial charge is 0.390 e. The third kappa shape index (κ3) is 4.44. The zero-order chi connectivity index (χ0) is 22.0. The normalized spacial score (nSPS) is 20.9. The van der Waals surface area contributed by atoms with Gasteiger partial charge >= 0.3 is 12.0 Å². The Hall–Kier alpha value is -2.98. The van der Waals surface area contributed by atoms with E-state index in [2.05, 4.69) is 10.3 Å². The highest BCUT2D eigenvalue weighted by atomic mass is 16.5. The molecule has 162 valence electrons. The number of amidine groups is 1. The van der Waals surface area contributed by atoms with Crippen LogP contribution in [0, 0.1) is 6.92 Å². The van der Waals surface area contributed by atoms with Gasteiger partial charge in [-0.2, -0.15) is 0 Å². The summed E-state index contributed by atoms with van der Waals surface area (Å²) in [4.78, 5) is 31.8. The van der Waals surface area contributed by atoms with Gasteiger partial charge < -0.3 is 14.9 Å². The predicted octanol–water partition coefficient (Wildman–Crippen LogP) is -0.622. The molecule has 0 aromatic heterocycles. The Bertz CT molecular complexity index is 897. The fourth-order valence-electron chi connectivity index (χ4n) is 3.35. The van der Waals surface area contributed by atoms with E-state index in [4.69, 9.17) is 4.74 Å². The second kappa shape index (κ2) is 8.80. The number of β-amino-alcohol motifs (C(OH)–C–C–N with tert-alkyl or cyclic N) is 1. The number of carbonyl (C=O) groups excluding carboxylic acids is 2. The molecule has 10 nitrogen and oxygen atoms in total. The Labute approximate surface area is 175 Å². The quantitative estimate of drug-likeness (QED) is 0.508. The Morgan fingerprint density at radius 1 is 1.27 bits per heavy atom. The Balaban J connectivity index is 1.78. The van der Waals surface area contributed by atoms with Crippen LogP contribution in [0.15, 0.2) is 29.3 Å². The highest BCUT2D eigenvalue weighted by molar-refractivity contribution is 6.22. The van der Waals surface area contributed by atoms with E-state index in [1.54, 1.807) is 24.6 Å². The van der Waals surface area contributed by atoms with Crippen LogP contribution in [-0.2, 0) is 4.79 Å². The van der Waals surface area contributed by atoms with Crippen LogP contribution in [0.4, 0.5) is 4.79 Å². The number of rotatable bonds is 7. The van der Waals surface area contributed by atoms with Gasteiger partial charge in [-0.05, 0) is 31.5 Å². The molecule has 3 rings (SSSR count). The molecule has 30 heavy (non-hydrogen) atoms. The number of aliphatic imine (C=N–C) groups is 1. The molecule has 2 heterocycles. The Morgan fingerprint density at radius 3 is 2.67 bits per heavy atom. The molecule has 3 N–H and O–H groups in total. The maximum absolute atomic E-state index is 12.8. The van der Waals surface area contributed by atoms with Gasteiger partial charge in [0.05, 0.1) is 19.2 Å². The number of aliphatic hydroxyl groups excluding tert-OH is 2. The number of ether oxygens (including phenoxy) is 1. The average Bonchev–Trinajstić information content (AvgIpc) is 3.06. The number of hydrogen-bond acceptors (Lipinski definition) is 7. The van der Waals surface area contributed by atoms with Gasteiger partial charge in [-0.25, -0.2) is 9.37 Å². The van der Waals surface area contributed by atoms with Crippen molar-refractivity contribution in [3.8, 4) is 5.75 Å². The minimum absolute atomic E-state index is 0.0183. The van der Waals surface area contributed by atoms with E-state index in [1.807, 2.05) is 25.1 Å². The topological polar surface area (TPSA) is 118 Å². The van der Waals surface area contributed by atoms with Gasteiger partial charge in [-0.15, -0.1) is 0 Å². The van der Waals surface area contributed by atoms with Crippen molar-refractivity contribution in [1.82, 2.24) is 15.1 Å². The summed E-state index contributed by atoms with van der Waals surface area (Å²) < 4.78 is 7.27. The summed E-state index contributed by atoms with van der Waals surface area (Å²) in [6.45, 7) is 3.83. The van der Waals surface area contributed by atoms with Crippen LogP contribution < -0.4 is 10.1 Å². The first-order valence-corrected chi connectivity index (χ1v) is 9.76. The fraction of sp³-hybridized carbons (Fsp3) is 0.500. The largest absolute Gasteiger partial charge is 0.491 e. The molecule has 0 saturated carbocycles. The molecule has 0 radical (unpaired) electrons. The number of benzene rings is 1. The second-order valence-corrected chi connectivity index (χ2v) is 7.60. The lowest BCUT2D eigenvalue weighted by Crippen LogP contribution is -2.62. The highest BCUT2D eigenvalue weighted by Crippen LogP contribution is 2.19. The molecular weight excluding hydrogens is 390 g/mol. The van der Waals surface area contributed by atoms with Gasteiger partial charge in [0.25, 0.3) is 5.91 Å². The van der Waals surface area contributed by atoms with Crippen molar-refractivity contribution in [2.75, 3.05) is 33.8 Å². The lowest BCUT2D eigenvalue weighted by Gasteiger charge is -2.32. The van der Waals surface area contributed by atoms with E-state index >= 15 is 0 Å². The number of nitrogens with zero attached hydrogens (tertiary/aromatic N) is 4. The number of aryl methyl sites for hydroxylation is 1. The van der Waals surface area contributed by atoms with E-state index in [-0.39, 0.29) is 25.5 Å². The van der Waals surface area contributed by atoms with E-state index in [1.165, 1.54) is 11.9 Å². The minimum Gasteiger partial charge on any atom is -0.491 e. The van der Waals surface area contributed by atoms with E-state index < -0.39 is 30.2 Å². The molecule has 10 heteroatoms. The van der Waals surface area contributed by atoms with Crippen LogP contribution in [0.3, 0.4) is 0 Å². The molecule has 0 bridgehead atoms. The van der Waals surface area contributed by atoms with Crippen LogP contribution in [-0.4, -0.2) is 100 Å². The van der Waals surface area contributed by atoms with Crippen LogP contribution in [0.5, 0.6) is 5.75 Å². The van der Waals surface area contributed by atoms with Gasteiger partial charge in [0.2, 0.25) is 11.9 Å². The van der Waals surface area contributed by atoms with Crippen molar-refractivity contribution >= 4 is 23.7 Å². The second-order valence-electron chi connectivity index (χ2n) is 7.60. The van der Waals surface area contributed by atoms with Crippen LogP contribution in [0.1, 0.15) is 12.5 Å².